The molecule has 0 spiro atoms. The molecule has 1 amide bonds. The van der Waals surface area contributed by atoms with E-state index in [4.69, 9.17) is 34.8 Å². The number of benzene rings is 1. The highest BCUT2D eigenvalue weighted by Crippen LogP contribution is 2.33. The standard InChI is InChI=1S/C18H15BrCl3N5O2/c1-2-23-17(28)10-6-9(20)7-12(22)15(10)25-18(29)13-8-14(19)26-27(13)16-11(21)4-3-5-24-16/h3-8,18,25,29H,2H2,1H3,(H,23,28). The van der Waals surface area contributed by atoms with Crippen molar-refractivity contribution in [2.45, 2.75) is 13.2 Å². The van der Waals surface area contributed by atoms with Crippen LogP contribution < -0.4 is 10.6 Å². The normalized spacial score (nSPS) is 11.9. The summed E-state index contributed by atoms with van der Waals surface area (Å²) in [6, 6.07) is 7.88. The van der Waals surface area contributed by atoms with Crippen molar-refractivity contribution in [3.8, 4) is 5.82 Å². The van der Waals surface area contributed by atoms with Crippen LogP contribution in [-0.4, -0.2) is 32.3 Å². The summed E-state index contributed by atoms with van der Waals surface area (Å²) in [5.41, 5.74) is 0.750. The molecule has 2 aromatic heterocycles. The van der Waals surface area contributed by atoms with E-state index in [-0.39, 0.29) is 22.2 Å². The van der Waals surface area contributed by atoms with Gasteiger partial charge in [0.05, 0.1) is 27.0 Å². The number of nitrogens with zero attached hydrogens (tertiary/aromatic N) is 3. The summed E-state index contributed by atoms with van der Waals surface area (Å²) >= 11 is 21.9. The highest BCUT2D eigenvalue weighted by atomic mass is 79.9. The number of carbonyl (C=O) groups is 1. The number of hydrogen-bond donors (Lipinski definition) is 3. The van der Waals surface area contributed by atoms with Crippen molar-refractivity contribution in [2.75, 3.05) is 11.9 Å². The summed E-state index contributed by atoms with van der Waals surface area (Å²) in [5.74, 6) is -0.0454. The maximum absolute atomic E-state index is 12.4. The van der Waals surface area contributed by atoms with Crippen molar-refractivity contribution in [3.63, 3.8) is 0 Å². The largest absolute Gasteiger partial charge is 0.368 e. The molecule has 1 atom stereocenters. The van der Waals surface area contributed by atoms with Crippen LogP contribution in [0.5, 0.6) is 0 Å². The van der Waals surface area contributed by atoms with Crippen LogP contribution in [0, 0.1) is 0 Å². The fourth-order valence-electron chi connectivity index (χ4n) is 2.63. The molecule has 29 heavy (non-hydrogen) atoms. The fraction of sp³-hybridized carbons (Fsp3) is 0.167. The van der Waals surface area contributed by atoms with Gasteiger partial charge in [0.2, 0.25) is 0 Å². The number of pyridine rings is 1. The smallest absolute Gasteiger partial charge is 0.253 e. The average molecular weight is 520 g/mol. The van der Waals surface area contributed by atoms with Crippen LogP contribution >= 0.6 is 50.7 Å². The molecule has 0 bridgehead atoms. The summed E-state index contributed by atoms with van der Waals surface area (Å²) in [6.07, 6.45) is 0.266. The van der Waals surface area contributed by atoms with Gasteiger partial charge in [-0.3, -0.25) is 4.79 Å². The third-order valence-electron chi connectivity index (χ3n) is 3.84. The lowest BCUT2D eigenvalue weighted by molar-refractivity contribution is 0.0956. The fourth-order valence-corrected chi connectivity index (χ4v) is 3.77. The molecule has 0 saturated heterocycles. The minimum atomic E-state index is -1.29. The van der Waals surface area contributed by atoms with Crippen molar-refractivity contribution < 1.29 is 9.90 Å². The molecule has 0 aliphatic rings. The molecule has 0 aliphatic carbocycles. The van der Waals surface area contributed by atoms with Crippen LogP contribution in [0.4, 0.5) is 5.69 Å². The van der Waals surface area contributed by atoms with Gasteiger partial charge in [-0.15, -0.1) is 0 Å². The second kappa shape index (κ2) is 9.32. The van der Waals surface area contributed by atoms with Crippen molar-refractivity contribution in [1.82, 2.24) is 20.1 Å². The monoisotopic (exact) mass is 517 g/mol. The summed E-state index contributed by atoms with van der Waals surface area (Å²) in [7, 11) is 0. The maximum Gasteiger partial charge on any atom is 0.253 e. The van der Waals surface area contributed by atoms with Gasteiger partial charge in [-0.2, -0.15) is 5.10 Å². The van der Waals surface area contributed by atoms with E-state index in [1.807, 2.05) is 0 Å². The Morgan fingerprint density at radius 2 is 2.03 bits per heavy atom. The Kier molecular flexibility index (Phi) is 7.02. The lowest BCUT2D eigenvalue weighted by atomic mass is 10.1. The Morgan fingerprint density at radius 1 is 1.28 bits per heavy atom. The van der Waals surface area contributed by atoms with Crippen LogP contribution in [0.2, 0.25) is 15.1 Å². The Balaban J connectivity index is 2.02. The summed E-state index contributed by atoms with van der Waals surface area (Å²) in [4.78, 5) is 16.6. The van der Waals surface area contributed by atoms with Gasteiger partial charge in [0.15, 0.2) is 12.0 Å². The summed E-state index contributed by atoms with van der Waals surface area (Å²) in [6.45, 7) is 2.21. The third kappa shape index (κ3) is 4.84. The van der Waals surface area contributed by atoms with E-state index in [9.17, 15) is 9.90 Å². The van der Waals surface area contributed by atoms with E-state index in [0.29, 0.717) is 32.7 Å². The maximum atomic E-state index is 12.4. The number of hydrogen-bond acceptors (Lipinski definition) is 5. The molecule has 3 aromatic rings. The van der Waals surface area contributed by atoms with E-state index >= 15 is 0 Å². The zero-order valence-corrected chi connectivity index (χ0v) is 18.8. The van der Waals surface area contributed by atoms with E-state index in [1.54, 1.807) is 31.3 Å². The van der Waals surface area contributed by atoms with Gasteiger partial charge in [0, 0.05) is 17.8 Å². The first-order chi connectivity index (χ1) is 13.8. The number of aromatic nitrogens is 3. The van der Waals surface area contributed by atoms with Gasteiger partial charge in [-0.1, -0.05) is 34.8 Å². The van der Waals surface area contributed by atoms with Crippen molar-refractivity contribution in [2.24, 2.45) is 0 Å². The molecule has 1 aromatic carbocycles. The lowest BCUT2D eigenvalue weighted by Gasteiger charge is -2.19. The van der Waals surface area contributed by atoms with Gasteiger partial charge >= 0.3 is 0 Å². The van der Waals surface area contributed by atoms with Gasteiger partial charge in [0.25, 0.3) is 5.91 Å². The van der Waals surface area contributed by atoms with Gasteiger partial charge in [0.1, 0.15) is 4.60 Å². The average Bonchev–Trinajstić information content (AvgIpc) is 3.05. The SMILES string of the molecule is CCNC(=O)c1cc(Cl)cc(Cl)c1NC(O)c1cc(Br)nn1-c1ncccc1Cl. The predicted octanol–water partition coefficient (Wildman–Crippen LogP) is 4.84. The minimum absolute atomic E-state index is 0.179. The molecular weight excluding hydrogens is 504 g/mol. The lowest BCUT2D eigenvalue weighted by Crippen LogP contribution is -2.25. The number of nitrogens with one attached hydrogen (secondary N) is 2. The molecule has 3 N–H and O–H groups in total. The quantitative estimate of drug-likeness (QED) is 0.405. The number of halogens is 4. The molecule has 0 fully saturated rings. The molecule has 7 nitrogen and oxygen atoms in total. The second-order valence-electron chi connectivity index (χ2n) is 5.83. The van der Waals surface area contributed by atoms with Crippen LogP contribution in [0.1, 0.15) is 29.2 Å². The number of rotatable bonds is 6. The molecule has 1 unspecified atom stereocenters. The Hall–Kier alpha value is -1.84. The number of aliphatic hydroxyl groups excluding tert-OH is 1. The third-order valence-corrected chi connectivity index (χ3v) is 5.04. The van der Waals surface area contributed by atoms with Crippen LogP contribution in [-0.2, 0) is 0 Å². The van der Waals surface area contributed by atoms with Crippen LogP contribution in [0.3, 0.4) is 0 Å². The zero-order valence-electron chi connectivity index (χ0n) is 15.0. The molecule has 0 saturated carbocycles. The molecule has 0 radical (unpaired) electrons. The highest BCUT2D eigenvalue weighted by Gasteiger charge is 2.23. The molecular formula is C18H15BrCl3N5O2. The Bertz CT molecular complexity index is 1060. The Labute approximate surface area is 190 Å². The number of amides is 1. The molecule has 2 heterocycles. The number of aliphatic hydroxyl groups is 1. The molecule has 3 rings (SSSR count). The topological polar surface area (TPSA) is 92.1 Å². The number of anilines is 1. The van der Waals surface area contributed by atoms with Crippen molar-refractivity contribution >= 4 is 62.3 Å². The van der Waals surface area contributed by atoms with Gasteiger partial charge < -0.3 is 15.7 Å². The second-order valence-corrected chi connectivity index (χ2v) is 7.89. The highest BCUT2D eigenvalue weighted by molar-refractivity contribution is 9.10. The van der Waals surface area contributed by atoms with Crippen LogP contribution in [0.15, 0.2) is 41.1 Å². The first-order valence-corrected chi connectivity index (χ1v) is 10.3. The van der Waals surface area contributed by atoms with Crippen molar-refractivity contribution in [1.29, 1.82) is 0 Å². The van der Waals surface area contributed by atoms with Gasteiger partial charge in [-0.25, -0.2) is 9.67 Å². The summed E-state index contributed by atoms with van der Waals surface area (Å²) < 4.78 is 1.85. The zero-order chi connectivity index (χ0) is 21.1. The molecule has 0 aliphatic heterocycles. The van der Waals surface area contributed by atoms with E-state index < -0.39 is 6.23 Å². The molecule has 11 heteroatoms. The molecule has 152 valence electrons. The van der Waals surface area contributed by atoms with E-state index in [1.165, 1.54) is 16.8 Å². The Morgan fingerprint density at radius 3 is 2.72 bits per heavy atom. The van der Waals surface area contributed by atoms with Crippen LogP contribution in [0.25, 0.3) is 5.82 Å². The van der Waals surface area contributed by atoms with Crippen molar-refractivity contribution in [3.05, 3.63) is 67.5 Å². The van der Waals surface area contributed by atoms with Gasteiger partial charge in [-0.05, 0) is 53.2 Å². The minimum Gasteiger partial charge on any atom is -0.368 e. The van der Waals surface area contributed by atoms with E-state index in [2.05, 4.69) is 36.6 Å². The van der Waals surface area contributed by atoms with E-state index in [0.717, 1.165) is 0 Å². The first-order valence-electron chi connectivity index (χ1n) is 8.40. The predicted molar refractivity (Wildman–Crippen MR) is 117 cm³/mol. The summed E-state index contributed by atoms with van der Waals surface area (Å²) in [5, 5.41) is 21.5. The number of carbonyl (C=O) groups excluding carboxylic acids is 1. The first kappa shape index (κ1) is 21.9.